The molecule has 1 aliphatic heterocycles. The molecule has 0 amide bonds. The Kier molecular flexibility index (Phi) is 8.27. The van der Waals surface area contributed by atoms with Gasteiger partial charge >= 0.3 is 0 Å². The van der Waals surface area contributed by atoms with Crippen LogP contribution in [0, 0.1) is 0 Å². The highest BCUT2D eigenvalue weighted by Crippen LogP contribution is 2.15. The molecule has 2 heterocycles. The first kappa shape index (κ1) is 20.3. The molecule has 28 heavy (non-hydrogen) atoms. The van der Waals surface area contributed by atoms with Gasteiger partial charge in [0.15, 0.2) is 5.11 Å². The minimum atomic E-state index is 0.487. The van der Waals surface area contributed by atoms with Crippen molar-refractivity contribution in [3.05, 3.63) is 66.4 Å². The summed E-state index contributed by atoms with van der Waals surface area (Å²) < 4.78 is 5.75. The van der Waals surface area contributed by atoms with Gasteiger partial charge in [0.05, 0.1) is 0 Å². The molecule has 2 aromatic rings. The van der Waals surface area contributed by atoms with Crippen molar-refractivity contribution in [2.75, 3.05) is 31.6 Å². The number of ether oxygens (including phenoxy) is 1. The van der Waals surface area contributed by atoms with Crippen LogP contribution in [-0.2, 0) is 6.54 Å². The Morgan fingerprint density at radius 2 is 1.93 bits per heavy atom. The van der Waals surface area contributed by atoms with Crippen molar-refractivity contribution in [3.8, 4) is 5.88 Å². The summed E-state index contributed by atoms with van der Waals surface area (Å²) in [5, 5.41) is 6.88. The van der Waals surface area contributed by atoms with Gasteiger partial charge in [-0.2, -0.15) is 0 Å². The molecule has 3 rings (SSSR count). The van der Waals surface area contributed by atoms with Crippen molar-refractivity contribution >= 4 is 23.0 Å². The van der Waals surface area contributed by atoms with Crippen molar-refractivity contribution in [2.24, 2.45) is 0 Å². The van der Waals surface area contributed by atoms with Crippen molar-refractivity contribution in [1.29, 1.82) is 0 Å². The fraction of sp³-hybridized carbons (Fsp3) is 0.364. The molecule has 148 valence electrons. The Bertz CT molecular complexity index is 760. The second kappa shape index (κ2) is 11.4. The largest absolute Gasteiger partial charge is 0.473 e. The molecule has 1 aliphatic rings. The Hall–Kier alpha value is -2.44. The van der Waals surface area contributed by atoms with Gasteiger partial charge in [0, 0.05) is 31.0 Å². The molecule has 1 aromatic heterocycles. The van der Waals surface area contributed by atoms with E-state index >= 15 is 0 Å². The Balaban J connectivity index is 1.34. The van der Waals surface area contributed by atoms with Crippen LogP contribution >= 0.6 is 12.2 Å². The molecular formula is C22H28N4OS. The molecule has 5 nitrogen and oxygen atoms in total. The smallest absolute Gasteiger partial charge is 0.213 e. The average Bonchev–Trinajstić information content (AvgIpc) is 2.72. The summed E-state index contributed by atoms with van der Waals surface area (Å²) in [6.07, 6.45) is 9.76. The number of nitrogens with zero attached hydrogens (tertiary/aromatic N) is 2. The number of anilines is 1. The normalized spacial score (nSPS) is 14.7. The van der Waals surface area contributed by atoms with Crippen LogP contribution in [0.3, 0.4) is 0 Å². The van der Waals surface area contributed by atoms with Crippen LogP contribution in [0.5, 0.6) is 5.88 Å². The number of piperidine rings is 1. The number of hydrogen-bond donors (Lipinski definition) is 2. The molecule has 0 unspecified atom stereocenters. The summed E-state index contributed by atoms with van der Waals surface area (Å²) in [4.78, 5) is 6.80. The SMILES string of the molecule is S=C(NC/C=C\COc1cc(CN2CCCCC2)ccn1)Nc1ccccc1. The van der Waals surface area contributed by atoms with E-state index in [0.717, 1.165) is 12.2 Å². The first-order valence-electron chi connectivity index (χ1n) is 9.84. The lowest BCUT2D eigenvalue weighted by Gasteiger charge is -2.26. The number of rotatable bonds is 8. The van der Waals surface area contributed by atoms with Gasteiger partial charge in [0.25, 0.3) is 0 Å². The van der Waals surface area contributed by atoms with Crippen LogP contribution in [0.15, 0.2) is 60.8 Å². The number of nitrogens with one attached hydrogen (secondary N) is 2. The van der Waals surface area contributed by atoms with Gasteiger partial charge in [-0.25, -0.2) is 4.98 Å². The lowest BCUT2D eigenvalue weighted by atomic mass is 10.1. The van der Waals surface area contributed by atoms with Crippen molar-refractivity contribution in [2.45, 2.75) is 25.8 Å². The Labute approximate surface area is 172 Å². The van der Waals surface area contributed by atoms with E-state index in [1.807, 2.05) is 54.7 Å². The lowest BCUT2D eigenvalue weighted by molar-refractivity contribution is 0.220. The van der Waals surface area contributed by atoms with E-state index in [-0.39, 0.29) is 0 Å². The summed E-state index contributed by atoms with van der Waals surface area (Å²) in [5.41, 5.74) is 2.23. The molecule has 1 fully saturated rings. The summed E-state index contributed by atoms with van der Waals surface area (Å²) in [7, 11) is 0. The zero-order valence-corrected chi connectivity index (χ0v) is 17.0. The van der Waals surface area contributed by atoms with Gasteiger partial charge in [0.1, 0.15) is 6.61 Å². The fourth-order valence-electron chi connectivity index (χ4n) is 3.14. The molecule has 0 bridgehead atoms. The van der Waals surface area contributed by atoms with Crippen molar-refractivity contribution < 1.29 is 4.74 Å². The number of para-hydroxylation sites is 1. The van der Waals surface area contributed by atoms with E-state index in [9.17, 15) is 0 Å². The zero-order chi connectivity index (χ0) is 19.4. The van der Waals surface area contributed by atoms with E-state index in [0.29, 0.717) is 24.1 Å². The standard InChI is InChI=1S/C22H28N4OS/c28-22(25-20-9-3-1-4-10-20)24-12-5-8-16-27-21-17-19(11-13-23-21)18-26-14-6-2-7-15-26/h1,3-5,8-11,13,17H,2,6-7,12,14-16,18H2,(H2,24,25,28)/b8-5-. The second-order valence-corrected chi connectivity index (χ2v) is 7.23. The first-order valence-corrected chi connectivity index (χ1v) is 10.3. The quantitative estimate of drug-likeness (QED) is 0.520. The van der Waals surface area contributed by atoms with Gasteiger partial charge in [0.2, 0.25) is 5.88 Å². The highest BCUT2D eigenvalue weighted by Gasteiger charge is 2.10. The molecule has 2 N–H and O–H groups in total. The maximum absolute atomic E-state index is 5.75. The maximum atomic E-state index is 5.75. The van der Waals surface area contributed by atoms with Crippen LogP contribution in [0.4, 0.5) is 5.69 Å². The number of benzene rings is 1. The highest BCUT2D eigenvalue weighted by molar-refractivity contribution is 7.80. The molecule has 0 radical (unpaired) electrons. The summed E-state index contributed by atoms with van der Waals surface area (Å²) in [6.45, 7) is 4.49. The highest BCUT2D eigenvalue weighted by atomic mass is 32.1. The number of pyridine rings is 1. The third kappa shape index (κ3) is 7.29. The number of thiocarbonyl (C=S) groups is 1. The lowest BCUT2D eigenvalue weighted by Crippen LogP contribution is -2.29. The predicted molar refractivity (Wildman–Crippen MR) is 119 cm³/mol. The van der Waals surface area contributed by atoms with E-state index < -0.39 is 0 Å². The van der Waals surface area contributed by atoms with E-state index in [1.165, 1.54) is 37.9 Å². The van der Waals surface area contributed by atoms with E-state index in [2.05, 4.69) is 26.6 Å². The summed E-state index contributed by atoms with van der Waals surface area (Å²) in [6, 6.07) is 14.0. The number of likely N-dealkylation sites (tertiary alicyclic amines) is 1. The van der Waals surface area contributed by atoms with Crippen molar-refractivity contribution in [3.63, 3.8) is 0 Å². The maximum Gasteiger partial charge on any atom is 0.213 e. The Morgan fingerprint density at radius 1 is 1.11 bits per heavy atom. The third-order valence-corrected chi connectivity index (χ3v) is 4.81. The summed E-state index contributed by atoms with van der Waals surface area (Å²) in [5.74, 6) is 0.674. The van der Waals surface area contributed by atoms with Gasteiger partial charge in [-0.05, 0) is 68.0 Å². The monoisotopic (exact) mass is 396 g/mol. The first-order chi connectivity index (χ1) is 13.8. The minimum Gasteiger partial charge on any atom is -0.473 e. The Morgan fingerprint density at radius 3 is 2.75 bits per heavy atom. The zero-order valence-electron chi connectivity index (χ0n) is 16.1. The number of aromatic nitrogens is 1. The molecular weight excluding hydrogens is 368 g/mol. The summed E-state index contributed by atoms with van der Waals surface area (Å²) >= 11 is 5.27. The molecule has 0 aliphatic carbocycles. The van der Waals surface area contributed by atoms with Gasteiger partial charge < -0.3 is 15.4 Å². The predicted octanol–water partition coefficient (Wildman–Crippen LogP) is 3.99. The molecule has 1 saturated heterocycles. The fourth-order valence-corrected chi connectivity index (χ4v) is 3.34. The molecule has 0 saturated carbocycles. The van der Waals surface area contributed by atoms with E-state index in [1.54, 1.807) is 0 Å². The molecule has 6 heteroatoms. The van der Waals surface area contributed by atoms with E-state index in [4.69, 9.17) is 17.0 Å². The third-order valence-electron chi connectivity index (χ3n) is 4.56. The van der Waals surface area contributed by atoms with Crippen LogP contribution in [-0.4, -0.2) is 41.2 Å². The topological polar surface area (TPSA) is 49.4 Å². The molecule has 0 spiro atoms. The van der Waals surface area contributed by atoms with Crippen molar-refractivity contribution in [1.82, 2.24) is 15.2 Å². The van der Waals surface area contributed by atoms with Gasteiger partial charge in [-0.1, -0.05) is 30.7 Å². The second-order valence-electron chi connectivity index (χ2n) is 6.82. The van der Waals surface area contributed by atoms with Crippen LogP contribution in [0.2, 0.25) is 0 Å². The van der Waals surface area contributed by atoms with Crippen LogP contribution in [0.25, 0.3) is 0 Å². The average molecular weight is 397 g/mol. The van der Waals surface area contributed by atoms with Gasteiger partial charge in [-0.15, -0.1) is 0 Å². The molecule has 1 aromatic carbocycles. The van der Waals surface area contributed by atoms with Crippen LogP contribution in [0.1, 0.15) is 24.8 Å². The molecule has 0 atom stereocenters. The number of hydrogen-bond acceptors (Lipinski definition) is 4. The van der Waals surface area contributed by atoms with Crippen LogP contribution < -0.4 is 15.4 Å². The van der Waals surface area contributed by atoms with Gasteiger partial charge in [-0.3, -0.25) is 4.90 Å². The minimum absolute atomic E-state index is 0.487.